The number of carboxylic acids is 1. The van der Waals surface area contributed by atoms with Crippen LogP contribution in [0.25, 0.3) is 0 Å². The van der Waals surface area contributed by atoms with Crippen LogP contribution in [-0.4, -0.2) is 35.0 Å². The van der Waals surface area contributed by atoms with Gasteiger partial charge in [-0.1, -0.05) is 36.6 Å². The van der Waals surface area contributed by atoms with E-state index in [0.29, 0.717) is 18.1 Å². The Morgan fingerprint density at radius 2 is 1.88 bits per heavy atom. The lowest BCUT2D eigenvalue weighted by molar-refractivity contribution is -0.140. The number of amides is 1. The number of nitrogens with zero attached hydrogens (tertiary/aromatic N) is 1. The Kier molecular flexibility index (Phi) is 5.14. The number of hydrogen-bond acceptors (Lipinski definition) is 2. The van der Waals surface area contributed by atoms with Crippen LogP contribution in [0.15, 0.2) is 24.3 Å². The van der Waals surface area contributed by atoms with Crippen molar-refractivity contribution in [3.63, 3.8) is 0 Å². The standard InChI is InChI=1S/C19H24ClNO3/c20-16-5-3-4-15(13-16)19(8-1-2-9-19)18(24)21-10-6-14(7-11-21)12-17(22)23/h3-5,13-14H,1-2,6-12H2,(H,22,23). The van der Waals surface area contributed by atoms with Crippen LogP contribution in [0.2, 0.25) is 5.02 Å². The summed E-state index contributed by atoms with van der Waals surface area (Å²) in [4.78, 5) is 26.1. The first kappa shape index (κ1) is 17.3. The number of likely N-dealkylation sites (tertiary alicyclic amines) is 1. The highest BCUT2D eigenvalue weighted by Crippen LogP contribution is 2.43. The highest BCUT2D eigenvalue weighted by Gasteiger charge is 2.45. The molecule has 2 aliphatic rings. The van der Waals surface area contributed by atoms with Crippen molar-refractivity contribution in [2.45, 2.75) is 50.4 Å². The summed E-state index contributed by atoms with van der Waals surface area (Å²) in [6.45, 7) is 1.33. The quantitative estimate of drug-likeness (QED) is 0.897. The molecular formula is C19H24ClNO3. The van der Waals surface area contributed by atoms with Crippen LogP contribution in [0, 0.1) is 5.92 Å². The van der Waals surface area contributed by atoms with Crippen molar-refractivity contribution in [3.8, 4) is 0 Å². The van der Waals surface area contributed by atoms with Crippen LogP contribution in [-0.2, 0) is 15.0 Å². The number of carbonyl (C=O) groups is 2. The van der Waals surface area contributed by atoms with Crippen LogP contribution < -0.4 is 0 Å². The SMILES string of the molecule is O=C(O)CC1CCN(C(=O)C2(c3cccc(Cl)c3)CCCC2)CC1. The van der Waals surface area contributed by atoms with E-state index in [1.54, 1.807) is 0 Å². The van der Waals surface area contributed by atoms with Crippen LogP contribution >= 0.6 is 11.6 Å². The monoisotopic (exact) mass is 349 g/mol. The van der Waals surface area contributed by atoms with Gasteiger partial charge in [0.15, 0.2) is 0 Å². The highest BCUT2D eigenvalue weighted by molar-refractivity contribution is 6.30. The van der Waals surface area contributed by atoms with E-state index in [9.17, 15) is 9.59 Å². The van der Waals surface area contributed by atoms with E-state index in [1.165, 1.54) is 0 Å². The van der Waals surface area contributed by atoms with Gasteiger partial charge < -0.3 is 10.0 Å². The lowest BCUT2D eigenvalue weighted by Gasteiger charge is -2.38. The molecule has 1 aromatic rings. The minimum Gasteiger partial charge on any atom is -0.481 e. The minimum absolute atomic E-state index is 0.192. The Morgan fingerprint density at radius 3 is 2.46 bits per heavy atom. The zero-order valence-electron chi connectivity index (χ0n) is 13.8. The molecule has 0 atom stereocenters. The Hall–Kier alpha value is -1.55. The van der Waals surface area contributed by atoms with Crippen molar-refractivity contribution in [2.24, 2.45) is 5.92 Å². The maximum atomic E-state index is 13.3. The summed E-state index contributed by atoms with van der Waals surface area (Å²) < 4.78 is 0. The first-order chi connectivity index (χ1) is 11.5. The molecule has 3 rings (SSSR count). The molecule has 1 saturated heterocycles. The van der Waals surface area contributed by atoms with Gasteiger partial charge >= 0.3 is 5.97 Å². The summed E-state index contributed by atoms with van der Waals surface area (Å²) in [5, 5.41) is 9.61. The fraction of sp³-hybridized carbons (Fsp3) is 0.579. The van der Waals surface area contributed by atoms with Crippen molar-refractivity contribution < 1.29 is 14.7 Å². The molecule has 2 fully saturated rings. The number of halogens is 1. The van der Waals surface area contributed by atoms with Crippen LogP contribution in [0.4, 0.5) is 0 Å². The molecule has 0 unspecified atom stereocenters. The predicted molar refractivity (Wildman–Crippen MR) is 93.2 cm³/mol. The van der Waals surface area contributed by atoms with Gasteiger partial charge in [0, 0.05) is 24.5 Å². The predicted octanol–water partition coefficient (Wildman–Crippen LogP) is 3.87. The molecule has 1 aliphatic carbocycles. The summed E-state index contributed by atoms with van der Waals surface area (Å²) in [5.41, 5.74) is 0.593. The van der Waals surface area contributed by atoms with Gasteiger partial charge in [-0.25, -0.2) is 0 Å². The molecule has 130 valence electrons. The van der Waals surface area contributed by atoms with Gasteiger partial charge in [-0.3, -0.25) is 9.59 Å². The average molecular weight is 350 g/mol. The molecule has 1 heterocycles. The number of benzene rings is 1. The number of carboxylic acid groups (broad SMARTS) is 1. The maximum absolute atomic E-state index is 13.3. The molecule has 1 amide bonds. The average Bonchev–Trinajstić information content (AvgIpc) is 3.05. The van der Waals surface area contributed by atoms with E-state index in [2.05, 4.69) is 0 Å². The van der Waals surface area contributed by atoms with E-state index in [-0.39, 0.29) is 18.2 Å². The molecule has 5 heteroatoms. The third-order valence-electron chi connectivity index (χ3n) is 5.61. The second-order valence-electron chi connectivity index (χ2n) is 7.13. The summed E-state index contributed by atoms with van der Waals surface area (Å²) >= 11 is 6.16. The zero-order chi connectivity index (χ0) is 17.2. The van der Waals surface area contributed by atoms with Crippen molar-refractivity contribution in [1.29, 1.82) is 0 Å². The number of carbonyl (C=O) groups excluding carboxylic acids is 1. The normalized spacial score (nSPS) is 21.0. The van der Waals surface area contributed by atoms with Gasteiger partial charge in [-0.15, -0.1) is 0 Å². The minimum atomic E-state index is -0.744. The number of hydrogen-bond donors (Lipinski definition) is 1. The molecule has 0 radical (unpaired) electrons. The van der Waals surface area contributed by atoms with Gasteiger partial charge in [0.1, 0.15) is 0 Å². The van der Waals surface area contributed by atoms with Gasteiger partial charge in [0.25, 0.3) is 0 Å². The molecule has 1 aliphatic heterocycles. The molecule has 1 aromatic carbocycles. The summed E-state index contributed by atoms with van der Waals surface area (Å²) in [6, 6.07) is 7.72. The summed E-state index contributed by atoms with van der Waals surface area (Å²) in [5.74, 6) is -0.348. The van der Waals surface area contributed by atoms with Crippen molar-refractivity contribution >= 4 is 23.5 Å². The van der Waals surface area contributed by atoms with Crippen LogP contribution in [0.1, 0.15) is 50.5 Å². The van der Waals surface area contributed by atoms with Gasteiger partial charge in [-0.05, 0) is 49.3 Å². The molecule has 0 bridgehead atoms. The van der Waals surface area contributed by atoms with Crippen molar-refractivity contribution in [2.75, 3.05) is 13.1 Å². The Morgan fingerprint density at radius 1 is 1.21 bits per heavy atom. The second kappa shape index (κ2) is 7.14. The highest BCUT2D eigenvalue weighted by atomic mass is 35.5. The fourth-order valence-corrected chi connectivity index (χ4v) is 4.47. The number of rotatable bonds is 4. The third kappa shape index (κ3) is 3.44. The van der Waals surface area contributed by atoms with E-state index in [1.807, 2.05) is 29.2 Å². The van der Waals surface area contributed by atoms with Crippen LogP contribution in [0.3, 0.4) is 0 Å². The molecule has 1 saturated carbocycles. The van der Waals surface area contributed by atoms with E-state index >= 15 is 0 Å². The maximum Gasteiger partial charge on any atom is 0.303 e. The zero-order valence-corrected chi connectivity index (χ0v) is 14.6. The molecule has 0 spiro atoms. The fourth-order valence-electron chi connectivity index (χ4n) is 4.28. The van der Waals surface area contributed by atoms with E-state index < -0.39 is 11.4 Å². The Labute approximate surface area is 147 Å². The molecule has 1 N–H and O–H groups in total. The largest absolute Gasteiger partial charge is 0.481 e. The first-order valence-electron chi connectivity index (χ1n) is 8.78. The number of aliphatic carboxylic acids is 1. The Bertz CT molecular complexity index is 617. The van der Waals surface area contributed by atoms with Crippen LogP contribution in [0.5, 0.6) is 0 Å². The van der Waals surface area contributed by atoms with Crippen molar-refractivity contribution in [3.05, 3.63) is 34.9 Å². The van der Waals surface area contributed by atoms with Crippen molar-refractivity contribution in [1.82, 2.24) is 4.90 Å². The van der Waals surface area contributed by atoms with E-state index in [4.69, 9.17) is 16.7 Å². The molecule has 4 nitrogen and oxygen atoms in total. The summed E-state index contributed by atoms with van der Waals surface area (Å²) in [7, 11) is 0. The molecule has 24 heavy (non-hydrogen) atoms. The number of piperidine rings is 1. The lowest BCUT2D eigenvalue weighted by Crippen LogP contribution is -2.48. The van der Waals surface area contributed by atoms with E-state index in [0.717, 1.165) is 44.1 Å². The smallest absolute Gasteiger partial charge is 0.303 e. The van der Waals surface area contributed by atoms with Gasteiger partial charge in [0.05, 0.1) is 5.41 Å². The topological polar surface area (TPSA) is 57.6 Å². The lowest BCUT2D eigenvalue weighted by atomic mass is 9.77. The second-order valence-corrected chi connectivity index (χ2v) is 7.57. The summed E-state index contributed by atoms with van der Waals surface area (Å²) in [6.07, 6.45) is 5.65. The van der Waals surface area contributed by atoms with Gasteiger partial charge in [0.2, 0.25) is 5.91 Å². The van der Waals surface area contributed by atoms with Gasteiger partial charge in [-0.2, -0.15) is 0 Å². The molecule has 0 aromatic heterocycles. The third-order valence-corrected chi connectivity index (χ3v) is 5.84. The Balaban J connectivity index is 1.75. The first-order valence-corrected chi connectivity index (χ1v) is 9.16. The molecular weight excluding hydrogens is 326 g/mol.